The molecular weight excluding hydrogens is 230 g/mol. The van der Waals surface area contributed by atoms with E-state index in [1.54, 1.807) is 7.11 Å². The number of hydrogen-bond acceptors (Lipinski definition) is 4. The molecule has 5 heteroatoms. The Hall–Kier alpha value is -0.650. The molecule has 0 aliphatic carbocycles. The van der Waals surface area contributed by atoms with Crippen LogP contribution in [-0.2, 0) is 9.53 Å². The normalized spacial score (nSPS) is 17.9. The topological polar surface area (TPSA) is 67.6 Å². The van der Waals surface area contributed by atoms with Gasteiger partial charge in [-0.3, -0.25) is 9.69 Å². The van der Waals surface area contributed by atoms with E-state index >= 15 is 0 Å². The van der Waals surface area contributed by atoms with Crippen molar-refractivity contribution in [2.45, 2.75) is 38.1 Å². The first kappa shape index (κ1) is 15.4. The van der Waals surface area contributed by atoms with E-state index in [2.05, 4.69) is 10.2 Å². The van der Waals surface area contributed by atoms with Gasteiger partial charge in [0.1, 0.15) is 0 Å². The predicted molar refractivity (Wildman–Crippen MR) is 72.4 cm³/mol. The fourth-order valence-electron chi connectivity index (χ4n) is 2.15. The molecule has 1 rings (SSSR count). The lowest BCUT2D eigenvalue weighted by atomic mass is 10.1. The van der Waals surface area contributed by atoms with Crippen molar-refractivity contribution >= 4 is 5.91 Å². The maximum atomic E-state index is 11.7. The number of unbranched alkanes of at least 4 members (excludes halogenated alkanes) is 2. The number of hydrogen-bond donors (Lipinski definition) is 2. The third-order valence-corrected chi connectivity index (χ3v) is 3.35. The van der Waals surface area contributed by atoms with Crippen LogP contribution in [0.15, 0.2) is 0 Å². The highest BCUT2D eigenvalue weighted by atomic mass is 16.5. The summed E-state index contributed by atoms with van der Waals surface area (Å²) in [6.45, 7) is 3.99. The van der Waals surface area contributed by atoms with Crippen molar-refractivity contribution in [2.75, 3.05) is 39.9 Å². The highest BCUT2D eigenvalue weighted by molar-refractivity contribution is 5.77. The van der Waals surface area contributed by atoms with Gasteiger partial charge in [-0.15, -0.1) is 0 Å². The third kappa shape index (κ3) is 6.93. The molecule has 106 valence electrons. The third-order valence-electron chi connectivity index (χ3n) is 3.35. The van der Waals surface area contributed by atoms with E-state index < -0.39 is 0 Å². The van der Waals surface area contributed by atoms with Crippen LogP contribution in [0.4, 0.5) is 0 Å². The minimum Gasteiger partial charge on any atom is -0.385 e. The molecule has 0 aromatic rings. The average Bonchev–Trinajstić information content (AvgIpc) is 2.36. The zero-order valence-electron chi connectivity index (χ0n) is 11.5. The largest absolute Gasteiger partial charge is 0.385 e. The summed E-state index contributed by atoms with van der Waals surface area (Å²) >= 11 is 0. The molecule has 1 aliphatic rings. The van der Waals surface area contributed by atoms with Crippen molar-refractivity contribution < 1.29 is 9.53 Å². The Morgan fingerprint density at radius 2 is 2.06 bits per heavy atom. The molecule has 0 spiro atoms. The van der Waals surface area contributed by atoms with Gasteiger partial charge >= 0.3 is 0 Å². The first-order chi connectivity index (χ1) is 8.72. The van der Waals surface area contributed by atoms with E-state index in [0.717, 1.165) is 58.3 Å². The van der Waals surface area contributed by atoms with Gasteiger partial charge in [-0.25, -0.2) is 0 Å². The van der Waals surface area contributed by atoms with Crippen molar-refractivity contribution in [3.05, 3.63) is 0 Å². The van der Waals surface area contributed by atoms with E-state index in [-0.39, 0.29) is 5.91 Å². The van der Waals surface area contributed by atoms with E-state index in [1.165, 1.54) is 0 Å². The molecule has 1 aliphatic heterocycles. The summed E-state index contributed by atoms with van der Waals surface area (Å²) in [5, 5.41) is 2.97. The molecule has 0 aromatic heterocycles. The minimum atomic E-state index is 0.136. The Bertz CT molecular complexity index is 228. The zero-order valence-corrected chi connectivity index (χ0v) is 11.5. The summed E-state index contributed by atoms with van der Waals surface area (Å²) in [5.74, 6) is 0.136. The highest BCUT2D eigenvalue weighted by Gasteiger charge is 2.17. The smallest absolute Gasteiger partial charge is 0.234 e. The molecule has 0 atom stereocenters. The Labute approximate surface area is 110 Å². The van der Waals surface area contributed by atoms with Crippen molar-refractivity contribution in [3.63, 3.8) is 0 Å². The van der Waals surface area contributed by atoms with Gasteiger partial charge in [-0.2, -0.15) is 0 Å². The van der Waals surface area contributed by atoms with Gasteiger partial charge in [-0.1, -0.05) is 0 Å². The Balaban J connectivity index is 1.97. The lowest BCUT2D eigenvalue weighted by Crippen LogP contribution is -2.44. The second-order valence-electron chi connectivity index (χ2n) is 5.02. The van der Waals surface area contributed by atoms with Crippen molar-refractivity contribution in [1.82, 2.24) is 10.2 Å². The minimum absolute atomic E-state index is 0.136. The number of carbonyl (C=O) groups excluding carboxylic acids is 1. The van der Waals surface area contributed by atoms with Crippen molar-refractivity contribution in [2.24, 2.45) is 5.73 Å². The Morgan fingerprint density at radius 3 is 2.72 bits per heavy atom. The van der Waals surface area contributed by atoms with Gasteiger partial charge in [0.25, 0.3) is 0 Å². The molecule has 1 fully saturated rings. The number of methoxy groups -OCH3 is 1. The molecule has 1 saturated heterocycles. The van der Waals surface area contributed by atoms with Crippen LogP contribution in [0.25, 0.3) is 0 Å². The number of ether oxygens (including phenoxy) is 1. The SMILES string of the molecule is COCCCCCNC(=O)CN1CCC(N)CC1. The monoisotopic (exact) mass is 257 g/mol. The molecule has 1 amide bonds. The summed E-state index contributed by atoms with van der Waals surface area (Å²) in [4.78, 5) is 13.9. The predicted octanol–water partition coefficient (Wildman–Crippen LogP) is 0.342. The second-order valence-corrected chi connectivity index (χ2v) is 5.02. The number of likely N-dealkylation sites (tertiary alicyclic amines) is 1. The van der Waals surface area contributed by atoms with Gasteiger partial charge in [-0.05, 0) is 32.1 Å². The molecule has 0 saturated carbocycles. The summed E-state index contributed by atoms with van der Waals surface area (Å²) in [5.41, 5.74) is 5.83. The van der Waals surface area contributed by atoms with Gasteiger partial charge < -0.3 is 15.8 Å². The molecule has 5 nitrogen and oxygen atoms in total. The molecule has 18 heavy (non-hydrogen) atoms. The molecule has 0 bridgehead atoms. The fraction of sp³-hybridized carbons (Fsp3) is 0.923. The number of nitrogens with zero attached hydrogens (tertiary/aromatic N) is 1. The average molecular weight is 257 g/mol. The van der Waals surface area contributed by atoms with Crippen LogP contribution in [0.3, 0.4) is 0 Å². The fourth-order valence-corrected chi connectivity index (χ4v) is 2.15. The van der Waals surface area contributed by atoms with Crippen molar-refractivity contribution in [3.8, 4) is 0 Å². The molecule has 0 unspecified atom stereocenters. The van der Waals surface area contributed by atoms with E-state index in [9.17, 15) is 4.79 Å². The maximum Gasteiger partial charge on any atom is 0.234 e. The van der Waals surface area contributed by atoms with Crippen LogP contribution in [0.5, 0.6) is 0 Å². The van der Waals surface area contributed by atoms with Gasteiger partial charge in [0.15, 0.2) is 0 Å². The van der Waals surface area contributed by atoms with Crippen LogP contribution >= 0.6 is 0 Å². The van der Waals surface area contributed by atoms with Gasteiger partial charge in [0, 0.05) is 39.4 Å². The summed E-state index contributed by atoms with van der Waals surface area (Å²) in [6, 6.07) is 0.324. The molecule has 1 heterocycles. The molecular formula is C13H27N3O2. The molecule has 0 radical (unpaired) electrons. The summed E-state index contributed by atoms with van der Waals surface area (Å²) < 4.78 is 4.97. The second kappa shape index (κ2) is 9.30. The van der Waals surface area contributed by atoms with Crippen LogP contribution in [0, 0.1) is 0 Å². The lowest BCUT2D eigenvalue weighted by molar-refractivity contribution is -0.122. The molecule has 3 N–H and O–H groups in total. The van der Waals surface area contributed by atoms with Crippen LogP contribution in [-0.4, -0.2) is 56.7 Å². The Kier molecular flexibility index (Phi) is 7.96. The first-order valence-corrected chi connectivity index (χ1v) is 6.96. The maximum absolute atomic E-state index is 11.7. The van der Waals surface area contributed by atoms with E-state index in [1.807, 2.05) is 0 Å². The van der Waals surface area contributed by atoms with E-state index in [4.69, 9.17) is 10.5 Å². The highest BCUT2D eigenvalue weighted by Crippen LogP contribution is 2.07. The zero-order chi connectivity index (χ0) is 13.2. The number of piperidine rings is 1. The van der Waals surface area contributed by atoms with Crippen LogP contribution < -0.4 is 11.1 Å². The van der Waals surface area contributed by atoms with Crippen molar-refractivity contribution in [1.29, 1.82) is 0 Å². The van der Waals surface area contributed by atoms with Crippen LogP contribution in [0.1, 0.15) is 32.1 Å². The summed E-state index contributed by atoms with van der Waals surface area (Å²) in [6.07, 6.45) is 5.21. The molecule has 0 aromatic carbocycles. The standard InChI is InChI=1S/C13H27N3O2/c1-18-10-4-2-3-7-15-13(17)11-16-8-5-12(14)6-9-16/h12H,2-11,14H2,1H3,(H,15,17). The van der Waals surface area contributed by atoms with Crippen LogP contribution in [0.2, 0.25) is 0 Å². The Morgan fingerprint density at radius 1 is 1.33 bits per heavy atom. The number of carbonyl (C=O) groups is 1. The first-order valence-electron chi connectivity index (χ1n) is 6.96. The number of rotatable bonds is 8. The quantitative estimate of drug-likeness (QED) is 0.615. The van der Waals surface area contributed by atoms with Gasteiger partial charge in [0.2, 0.25) is 5.91 Å². The number of amides is 1. The summed E-state index contributed by atoms with van der Waals surface area (Å²) in [7, 11) is 1.71. The van der Waals surface area contributed by atoms with E-state index in [0.29, 0.717) is 12.6 Å². The number of nitrogens with one attached hydrogen (secondary N) is 1. The number of nitrogens with two attached hydrogens (primary N) is 1. The lowest BCUT2D eigenvalue weighted by Gasteiger charge is -2.29. The van der Waals surface area contributed by atoms with Gasteiger partial charge in [0.05, 0.1) is 6.54 Å².